The molecule has 3 aliphatic heterocycles. The Bertz CT molecular complexity index is 5640. The lowest BCUT2D eigenvalue weighted by atomic mass is 10.1. The number of aryl methyl sites for hydroxylation is 4. The van der Waals surface area contributed by atoms with Crippen LogP contribution < -0.4 is 47.4 Å². The number of nitrogen functional groups attached to an aromatic ring is 1. The van der Waals surface area contributed by atoms with Crippen LogP contribution in [0.2, 0.25) is 0 Å². The second-order valence-corrected chi connectivity index (χ2v) is 25.2. The third-order valence-corrected chi connectivity index (χ3v) is 18.1. The summed E-state index contributed by atoms with van der Waals surface area (Å²) >= 11 is 4.52. The fourth-order valence-corrected chi connectivity index (χ4v) is 12.3. The zero-order chi connectivity index (χ0) is 76.7. The molecule has 17 rings (SSSR count). The Kier molecular flexibility index (Phi) is 24.2. The zero-order valence-corrected chi connectivity index (χ0v) is 59.4. The molecule has 0 radical (unpaired) electrons. The van der Waals surface area contributed by atoms with Gasteiger partial charge in [0.25, 0.3) is 33.7 Å². The molecule has 3 fully saturated rings. The van der Waals surface area contributed by atoms with Crippen molar-refractivity contribution in [2.75, 3.05) is 49.0 Å². The average Bonchev–Trinajstić information content (AvgIpc) is 1.52. The summed E-state index contributed by atoms with van der Waals surface area (Å²) in [6.07, 6.45) is 10.5. The van der Waals surface area contributed by atoms with Gasteiger partial charge in [-0.25, -0.2) is 64.0 Å². The van der Waals surface area contributed by atoms with Crippen LogP contribution in [0.25, 0.3) is 78.1 Å². The highest BCUT2D eigenvalue weighted by molar-refractivity contribution is 7.99. The minimum absolute atomic E-state index is 0.0702. The summed E-state index contributed by atoms with van der Waals surface area (Å²) in [7, 11) is 6.50. The summed E-state index contributed by atoms with van der Waals surface area (Å²) in [4.78, 5) is 133. The Labute approximate surface area is 608 Å². The summed E-state index contributed by atoms with van der Waals surface area (Å²) in [6.45, 7) is -1.26. The fourth-order valence-electron chi connectivity index (χ4n) is 11.0. The molecule has 0 spiro atoms. The number of H-pyrrole nitrogens is 7. The molecule has 107 heavy (non-hydrogen) atoms. The molecule has 14 aromatic rings. The van der Waals surface area contributed by atoms with Crippen LogP contribution in [0, 0.1) is 0 Å². The number of imidazole rings is 7. The molecule has 50 heteroatoms. The Morgan fingerprint density at radius 2 is 0.972 bits per heavy atom. The summed E-state index contributed by atoms with van der Waals surface area (Å²) in [5.41, 5.74) is 10.7. The zero-order valence-electron chi connectivity index (χ0n) is 57.0. The number of aromatic nitrogens is 28. The van der Waals surface area contributed by atoms with E-state index in [0.29, 0.717) is 39.4 Å². The number of aliphatic hydroxyl groups is 9. The number of ether oxygens (including phenoxy) is 3. The molecule has 3 saturated heterocycles. The average molecular weight is 1540 g/mol. The van der Waals surface area contributed by atoms with Gasteiger partial charge in [0.05, 0.1) is 78.2 Å². The SMILES string of the molecule is CSNc1nc2nc[nH]c2c(=O)[nH]1.CSc1ncnc2nc[nH]c12.CSc1ncnc2nc[nH]c12.Cn1c[n+]([C@@H]2O[C@H](CO)[C@@H](O)[C@H]2O)c2nc(N)[nH]c(=O)c21.Cn1c[n+]([C@@H]2O[C@H](CO)[C@@H](O)[C@H]2O)c2nc[nH]c(=O)c21.Cn1cnc2c(ncn2[C@@H]2O[C@H](CO)[C@@H](O)[C@H]2O)c1=O.Cn1cnc2nc[nH]c2c1=O. The summed E-state index contributed by atoms with van der Waals surface area (Å²) in [5, 5.41) is 88.6. The topological polar surface area (TPSA) is 657 Å². The van der Waals surface area contributed by atoms with Crippen molar-refractivity contribution in [3.05, 3.63) is 128 Å². The van der Waals surface area contributed by atoms with E-state index in [1.807, 2.05) is 18.8 Å². The van der Waals surface area contributed by atoms with Gasteiger partial charge in [-0.05, 0) is 12.5 Å². The molecular weight excluding hydrogens is 1470 g/mol. The number of thioether (sulfide) groups is 2. The molecule has 0 saturated carbocycles. The lowest BCUT2D eigenvalue weighted by Crippen LogP contribution is -2.46. The number of nitrogens with zero attached hydrogens (tertiary/aromatic N) is 21. The number of hydrogen-bond acceptors (Lipinski definition) is 36. The van der Waals surface area contributed by atoms with E-state index >= 15 is 0 Å². The first-order chi connectivity index (χ1) is 51.4. The number of nitrogens with two attached hydrogens (primary N) is 1. The van der Waals surface area contributed by atoms with Crippen LogP contribution in [-0.4, -0.2) is 267 Å². The van der Waals surface area contributed by atoms with Gasteiger partial charge in [0.2, 0.25) is 29.4 Å². The van der Waals surface area contributed by atoms with Gasteiger partial charge in [-0.3, -0.25) is 57.3 Å². The number of fused-ring (bicyclic) bond motifs is 7. The smallest absolute Gasteiger partial charge is 0.313 e. The van der Waals surface area contributed by atoms with Gasteiger partial charge in [-0.2, -0.15) is 4.98 Å². The van der Waals surface area contributed by atoms with Gasteiger partial charge < -0.3 is 95.0 Å². The molecule has 0 aliphatic carbocycles. The second-order valence-electron chi connectivity index (χ2n) is 23.0. The molecular formula is C57H70N30O17S3+2. The van der Waals surface area contributed by atoms with Crippen LogP contribution in [0.4, 0.5) is 11.9 Å². The van der Waals surface area contributed by atoms with Crippen LogP contribution in [0.1, 0.15) is 18.7 Å². The van der Waals surface area contributed by atoms with Gasteiger partial charge in [0, 0.05) is 20.4 Å². The Balaban J connectivity index is 0.000000126. The highest BCUT2D eigenvalue weighted by atomic mass is 32.2. The van der Waals surface area contributed by atoms with E-state index in [-0.39, 0.29) is 50.5 Å². The van der Waals surface area contributed by atoms with Gasteiger partial charge in [0.1, 0.15) is 88.7 Å². The largest absolute Gasteiger partial charge is 0.394 e. The molecule has 47 nitrogen and oxygen atoms in total. The van der Waals surface area contributed by atoms with Crippen molar-refractivity contribution in [1.29, 1.82) is 0 Å². The highest BCUT2D eigenvalue weighted by Gasteiger charge is 2.48. The predicted molar refractivity (Wildman–Crippen MR) is 377 cm³/mol. The van der Waals surface area contributed by atoms with Crippen LogP contribution in [0.15, 0.2) is 110 Å². The standard InChI is InChI=1S/C11H15N5O5.2C11H14N4O5.C6H7N5OS.C6H6N4O.2C6H6N4S/c1-15-3-16(8-5(15)9(20)14-11(12)13-8)10-7(19)6(18)4(2-17)21-10;1-14-3-13-9-6(10(14)19)12-4-15(9)11-8(18)7(17)5(2-16)20-11;1-14-4-15(9-6(14)10(19)13-3-12-9)11-8(18)7(17)5(2-16)20-11;1-13-11-6-9-4-3(5(12)10-6)7-2-8-4;1-10-3-9-5-4(6(10)11)7-2-8-5;2*1-11-6-4-5(8-2-7-4)9-3-10-6/h3-4,6-7,10,17-19H,2H2,1H3,(H2-,12,13,14,20);2*3-5,7-8,11,16-18H,2H2,1H3;2H,1H3,(H3,7,8,9,10,11,12);2-3H,1H3,(H,7,8);2*2-3H,1H3,(H,7,8,9,10)/p+2/t4-,6-,7-,10-;2*5-,7-,8-,11-;;;;/m111..../s1. The first kappa shape index (κ1) is 77.1. The molecule has 0 bridgehead atoms. The summed E-state index contributed by atoms with van der Waals surface area (Å²) in [5.74, 6) is 0.344. The van der Waals surface area contributed by atoms with Gasteiger partial charge >= 0.3 is 11.3 Å². The van der Waals surface area contributed by atoms with E-state index in [1.54, 1.807) is 75.3 Å². The monoisotopic (exact) mass is 1540 g/mol. The molecule has 0 aromatic carbocycles. The quantitative estimate of drug-likeness (QED) is 0.0262. The van der Waals surface area contributed by atoms with Crippen molar-refractivity contribution >= 4 is 126 Å². The maximum Gasteiger partial charge on any atom is 0.313 e. The number of hydrogen-bond donors (Lipinski definition) is 18. The first-order valence-corrected chi connectivity index (χ1v) is 35.0. The number of rotatable bonds is 10. The number of anilines is 2. The van der Waals surface area contributed by atoms with Crippen molar-refractivity contribution in [3.63, 3.8) is 0 Å². The van der Waals surface area contributed by atoms with Crippen molar-refractivity contribution in [1.82, 2.24) is 127 Å². The van der Waals surface area contributed by atoms with E-state index < -0.39 is 99.0 Å². The van der Waals surface area contributed by atoms with Crippen molar-refractivity contribution in [2.24, 2.45) is 28.2 Å². The molecule has 3 aliphatic rings. The molecule has 566 valence electrons. The van der Waals surface area contributed by atoms with E-state index in [9.17, 15) is 54.6 Å². The lowest BCUT2D eigenvalue weighted by molar-refractivity contribution is -0.746. The van der Waals surface area contributed by atoms with Gasteiger partial charge in [-0.1, -0.05) is 21.9 Å². The van der Waals surface area contributed by atoms with Gasteiger partial charge in [0.15, 0.2) is 70.0 Å². The molecule has 0 unspecified atom stereocenters. The lowest BCUT2D eigenvalue weighted by Gasteiger charge is -2.16. The minimum atomic E-state index is -1.26. The van der Waals surface area contributed by atoms with Crippen LogP contribution >= 0.6 is 35.5 Å². The predicted octanol–water partition coefficient (Wildman–Crippen LogP) is -6.21. The number of aliphatic hydroxyl groups excluding tert-OH is 9. The number of aromatic amines is 7. The number of nitrogens with one attached hydrogen (secondary N) is 8. The maximum atomic E-state index is 11.9. The highest BCUT2D eigenvalue weighted by Crippen LogP contribution is 2.32. The minimum Gasteiger partial charge on any atom is -0.394 e. The Morgan fingerprint density at radius 3 is 1.51 bits per heavy atom. The fraction of sp³-hybridized carbons (Fsp3) is 0.386. The molecule has 12 atom stereocenters. The molecule has 17 heterocycles. The second kappa shape index (κ2) is 33.6. The van der Waals surface area contributed by atoms with E-state index in [0.717, 1.165) is 32.4 Å². The third-order valence-electron chi connectivity index (χ3n) is 16.3. The van der Waals surface area contributed by atoms with Crippen molar-refractivity contribution < 1.29 is 69.3 Å². The van der Waals surface area contributed by atoms with E-state index in [4.69, 9.17) is 35.3 Å². The van der Waals surface area contributed by atoms with Crippen LogP contribution in [0.3, 0.4) is 0 Å². The maximum absolute atomic E-state index is 11.9. The van der Waals surface area contributed by atoms with Gasteiger partial charge in [-0.15, -0.1) is 23.5 Å². The Morgan fingerprint density at radius 1 is 0.486 bits per heavy atom. The van der Waals surface area contributed by atoms with E-state index in [1.165, 1.54) is 96.3 Å². The normalized spacial score (nSPS) is 21.6. The van der Waals surface area contributed by atoms with Crippen molar-refractivity contribution in [2.45, 2.75) is 83.7 Å². The Hall–Kier alpha value is -11.0. The summed E-state index contributed by atoms with van der Waals surface area (Å²) < 4.78 is 29.1. The first-order valence-electron chi connectivity index (χ1n) is 31.3. The molecule has 14 aromatic heterocycles. The summed E-state index contributed by atoms with van der Waals surface area (Å²) in [6, 6.07) is 0. The van der Waals surface area contributed by atoms with E-state index in [2.05, 4.69) is 109 Å². The third kappa shape index (κ3) is 16.0. The molecule has 0 amide bonds. The van der Waals surface area contributed by atoms with Crippen molar-refractivity contribution in [3.8, 4) is 0 Å². The van der Waals surface area contributed by atoms with Crippen LogP contribution in [-0.2, 0) is 42.4 Å². The van der Waals surface area contributed by atoms with Crippen LogP contribution in [0.5, 0.6) is 0 Å². The molecule has 19 N–H and O–H groups in total.